The average Bonchev–Trinajstić information content (AvgIpc) is 3.75. The van der Waals surface area contributed by atoms with Crippen molar-refractivity contribution < 1.29 is 4.42 Å². The van der Waals surface area contributed by atoms with Crippen molar-refractivity contribution in [3.05, 3.63) is 212 Å². The highest BCUT2D eigenvalue weighted by Crippen LogP contribution is 2.43. The molecule has 0 amide bonds. The molecule has 0 saturated carbocycles. The molecule has 0 unspecified atom stereocenters. The van der Waals surface area contributed by atoms with Gasteiger partial charge in [0.25, 0.3) is 0 Å². The van der Waals surface area contributed by atoms with Crippen molar-refractivity contribution in [1.82, 2.24) is 15.0 Å². The zero-order valence-electron chi connectivity index (χ0n) is 34.0. The molecule has 0 aliphatic heterocycles. The number of rotatable bonds is 5. The molecule has 0 aliphatic rings. The first-order valence-electron chi connectivity index (χ1n) is 21.3. The fourth-order valence-corrected chi connectivity index (χ4v) is 9.74. The molecule has 63 heavy (non-hydrogen) atoms. The van der Waals surface area contributed by atoms with Crippen LogP contribution in [-0.2, 0) is 0 Å². The molecule has 0 spiro atoms. The van der Waals surface area contributed by atoms with E-state index in [1.54, 1.807) is 0 Å². The lowest BCUT2D eigenvalue weighted by Gasteiger charge is -2.16. The first-order valence-corrected chi connectivity index (χ1v) is 21.3. The van der Waals surface area contributed by atoms with Crippen molar-refractivity contribution in [2.24, 2.45) is 0 Å². The van der Waals surface area contributed by atoms with Crippen molar-refractivity contribution in [2.45, 2.75) is 0 Å². The van der Waals surface area contributed by atoms with Gasteiger partial charge in [0.2, 0.25) is 0 Å². The van der Waals surface area contributed by atoms with Crippen LogP contribution in [0.15, 0.2) is 217 Å². The molecule has 0 N–H and O–H groups in total. The highest BCUT2D eigenvalue weighted by atomic mass is 16.3. The molecule has 0 atom stereocenters. The van der Waals surface area contributed by atoms with Crippen LogP contribution in [0.1, 0.15) is 0 Å². The van der Waals surface area contributed by atoms with Crippen LogP contribution in [0.3, 0.4) is 0 Å². The predicted octanol–water partition coefficient (Wildman–Crippen LogP) is 15.9. The third-order valence-corrected chi connectivity index (χ3v) is 12.6. The van der Waals surface area contributed by atoms with Crippen molar-refractivity contribution in [3.8, 4) is 56.0 Å². The van der Waals surface area contributed by atoms with E-state index in [9.17, 15) is 0 Å². The minimum atomic E-state index is 0.796. The summed E-state index contributed by atoms with van der Waals surface area (Å²) in [6.45, 7) is 0. The van der Waals surface area contributed by atoms with Crippen LogP contribution in [-0.4, -0.2) is 15.0 Å². The molecule has 4 heteroatoms. The van der Waals surface area contributed by atoms with Gasteiger partial charge in [-0.3, -0.25) is 4.98 Å². The van der Waals surface area contributed by atoms with E-state index in [0.29, 0.717) is 0 Å². The second-order valence-corrected chi connectivity index (χ2v) is 16.3. The number of pyridine rings is 1. The second-order valence-electron chi connectivity index (χ2n) is 16.3. The number of benzene rings is 10. The summed E-state index contributed by atoms with van der Waals surface area (Å²) in [5.41, 5.74) is 13.4. The minimum Gasteiger partial charge on any atom is -0.456 e. The van der Waals surface area contributed by atoms with Gasteiger partial charge in [0.05, 0.1) is 34.3 Å². The highest BCUT2D eigenvalue weighted by molar-refractivity contribution is 6.23. The van der Waals surface area contributed by atoms with Crippen LogP contribution < -0.4 is 0 Å². The lowest BCUT2D eigenvalue weighted by atomic mass is 9.90. The molecule has 13 rings (SSSR count). The standard InChI is InChI=1S/C59H35N3O/c1-2-15-36(16-3-1)52-33-39(43-26-14-28-56-57(43)50-25-12-13-27-55(50)63-56)34-53(61-52)40-29-38(51-32-37-17-4-5-18-42(37)44-19-6-7-22-47(44)51)30-41(31-40)54-35-60-58-48-23-10-8-20-45(48)46-21-9-11-24-49(46)59(58)62-54/h1-35H. The van der Waals surface area contributed by atoms with Crippen LogP contribution in [0.2, 0.25) is 0 Å². The van der Waals surface area contributed by atoms with Gasteiger partial charge in [-0.1, -0.05) is 158 Å². The van der Waals surface area contributed by atoms with Crippen molar-refractivity contribution in [1.29, 1.82) is 0 Å². The van der Waals surface area contributed by atoms with Gasteiger partial charge < -0.3 is 4.42 Å². The average molecular weight is 802 g/mol. The van der Waals surface area contributed by atoms with Crippen molar-refractivity contribution >= 4 is 76.1 Å². The van der Waals surface area contributed by atoms with Gasteiger partial charge in [0, 0.05) is 38.2 Å². The molecule has 13 aromatic rings. The molecule has 292 valence electrons. The zero-order valence-corrected chi connectivity index (χ0v) is 34.0. The largest absolute Gasteiger partial charge is 0.456 e. The van der Waals surface area contributed by atoms with Crippen LogP contribution in [0.5, 0.6) is 0 Å². The Bertz CT molecular complexity index is 3950. The Morgan fingerprint density at radius 1 is 0.302 bits per heavy atom. The van der Waals surface area contributed by atoms with Gasteiger partial charge in [-0.15, -0.1) is 0 Å². The van der Waals surface area contributed by atoms with E-state index in [0.717, 1.165) is 99.8 Å². The smallest absolute Gasteiger partial charge is 0.136 e. The molecule has 0 bridgehead atoms. The number of nitrogens with zero attached hydrogens (tertiary/aromatic N) is 3. The maximum Gasteiger partial charge on any atom is 0.136 e. The molecule has 4 nitrogen and oxygen atoms in total. The molecule has 0 aliphatic carbocycles. The van der Waals surface area contributed by atoms with E-state index >= 15 is 0 Å². The summed E-state index contributed by atoms with van der Waals surface area (Å²) in [5.74, 6) is 0. The zero-order chi connectivity index (χ0) is 41.4. The third-order valence-electron chi connectivity index (χ3n) is 12.6. The summed E-state index contributed by atoms with van der Waals surface area (Å²) in [6.07, 6.45) is 1.94. The molecule has 3 aromatic heterocycles. The Kier molecular flexibility index (Phi) is 7.87. The molecular weight excluding hydrogens is 767 g/mol. The van der Waals surface area contributed by atoms with Crippen LogP contribution in [0, 0.1) is 0 Å². The highest BCUT2D eigenvalue weighted by Gasteiger charge is 2.19. The summed E-state index contributed by atoms with van der Waals surface area (Å²) >= 11 is 0. The van der Waals surface area contributed by atoms with E-state index in [2.05, 4.69) is 188 Å². The van der Waals surface area contributed by atoms with E-state index in [4.69, 9.17) is 19.4 Å². The van der Waals surface area contributed by atoms with Gasteiger partial charge in [-0.2, -0.15) is 0 Å². The molecule has 0 saturated heterocycles. The topological polar surface area (TPSA) is 51.8 Å². The lowest BCUT2D eigenvalue weighted by molar-refractivity contribution is 0.669. The van der Waals surface area contributed by atoms with Gasteiger partial charge >= 0.3 is 0 Å². The Hall–Kier alpha value is -8.47. The second kappa shape index (κ2) is 14.1. The summed E-state index contributed by atoms with van der Waals surface area (Å²) in [6, 6.07) is 73.1. The Morgan fingerprint density at radius 3 is 1.60 bits per heavy atom. The fourth-order valence-electron chi connectivity index (χ4n) is 9.74. The van der Waals surface area contributed by atoms with Gasteiger partial charge in [0.15, 0.2) is 0 Å². The van der Waals surface area contributed by atoms with Crippen LogP contribution >= 0.6 is 0 Å². The van der Waals surface area contributed by atoms with E-state index in [1.807, 2.05) is 24.4 Å². The van der Waals surface area contributed by atoms with Gasteiger partial charge in [-0.25, -0.2) is 9.97 Å². The summed E-state index contributed by atoms with van der Waals surface area (Å²) in [4.78, 5) is 16.2. The number of aromatic nitrogens is 3. The first-order chi connectivity index (χ1) is 31.2. The predicted molar refractivity (Wildman–Crippen MR) is 262 cm³/mol. The van der Waals surface area contributed by atoms with Gasteiger partial charge in [0.1, 0.15) is 11.2 Å². The quantitative estimate of drug-likeness (QED) is 0.163. The summed E-state index contributed by atoms with van der Waals surface area (Å²) in [7, 11) is 0. The third kappa shape index (κ3) is 5.73. The Morgan fingerprint density at radius 2 is 0.841 bits per heavy atom. The normalized spacial score (nSPS) is 11.8. The number of hydrogen-bond donors (Lipinski definition) is 0. The number of hydrogen-bond acceptors (Lipinski definition) is 4. The number of para-hydroxylation sites is 1. The maximum atomic E-state index is 6.39. The number of furan rings is 1. The van der Waals surface area contributed by atoms with Crippen molar-refractivity contribution in [3.63, 3.8) is 0 Å². The van der Waals surface area contributed by atoms with E-state index in [-0.39, 0.29) is 0 Å². The summed E-state index contributed by atoms with van der Waals surface area (Å²) in [5, 5.41) is 11.5. The molecule has 0 radical (unpaired) electrons. The Labute approximate surface area is 362 Å². The maximum absolute atomic E-state index is 6.39. The lowest BCUT2D eigenvalue weighted by Crippen LogP contribution is -1.95. The van der Waals surface area contributed by atoms with Crippen molar-refractivity contribution in [2.75, 3.05) is 0 Å². The Balaban J connectivity index is 1.10. The fraction of sp³-hybridized carbons (Fsp3) is 0. The SMILES string of the molecule is c1ccc(-c2cc(-c3cccc4oc5ccccc5c34)cc(-c3cc(-c4cnc5c6ccccc6c6ccccc6c5n4)cc(-c4cc5ccccc5c5ccccc45)c3)n2)cc1. The van der Waals surface area contributed by atoms with E-state index < -0.39 is 0 Å². The first kappa shape index (κ1) is 35.3. The molecular formula is C59H35N3O. The molecule has 0 fully saturated rings. The monoisotopic (exact) mass is 801 g/mol. The van der Waals surface area contributed by atoms with E-state index in [1.165, 1.54) is 32.3 Å². The van der Waals surface area contributed by atoms with Crippen LogP contribution in [0.25, 0.3) is 132 Å². The number of fused-ring (bicyclic) bond motifs is 12. The van der Waals surface area contributed by atoms with Gasteiger partial charge in [-0.05, 0) is 103 Å². The van der Waals surface area contributed by atoms with Crippen LogP contribution in [0.4, 0.5) is 0 Å². The summed E-state index contributed by atoms with van der Waals surface area (Å²) < 4.78 is 6.39. The minimum absolute atomic E-state index is 0.796. The molecule has 10 aromatic carbocycles. The molecule has 3 heterocycles.